The number of nitrogens with zero attached hydrogens (tertiary/aromatic N) is 2. The number of nitrogens with one attached hydrogen (secondary N) is 1. The largest absolute Gasteiger partial charge is 0.378 e. The van der Waals surface area contributed by atoms with Gasteiger partial charge in [-0.15, -0.1) is 0 Å². The number of amides is 4. The molecule has 1 aliphatic rings. The number of hydrogen-bond donors (Lipinski definition) is 1. The van der Waals surface area contributed by atoms with Gasteiger partial charge in [-0.2, -0.15) is 0 Å². The topological polar surface area (TPSA) is 69.7 Å². The number of benzene rings is 2. The fourth-order valence-electron chi connectivity index (χ4n) is 2.65. The number of barbiturate groups is 1. The van der Waals surface area contributed by atoms with Gasteiger partial charge in [0, 0.05) is 24.8 Å². The van der Waals surface area contributed by atoms with Gasteiger partial charge in [0.05, 0.1) is 5.69 Å². The zero-order valence-electron chi connectivity index (χ0n) is 15.1. The smallest absolute Gasteiger partial charge is 0.335 e. The Balaban J connectivity index is 1.97. The number of carbonyl (C=O) groups is 3. The first-order valence-electron chi connectivity index (χ1n) is 8.23. The number of anilines is 2. The minimum Gasteiger partial charge on any atom is -0.378 e. The summed E-state index contributed by atoms with van der Waals surface area (Å²) in [5.74, 6) is -1.42. The molecule has 4 amide bonds. The van der Waals surface area contributed by atoms with Gasteiger partial charge in [0.15, 0.2) is 0 Å². The number of aryl methyl sites for hydroxylation is 1. The molecule has 2 aromatic rings. The van der Waals surface area contributed by atoms with E-state index in [1.165, 1.54) is 12.1 Å². The third-order valence-electron chi connectivity index (χ3n) is 4.24. The molecule has 1 N–H and O–H groups in total. The SMILES string of the molecule is Cc1ccc(N2C(=O)NC(=O)C(=Cc3ccc(N(C)C)cc3)C2=O)cc1Cl. The molecule has 0 atom stereocenters. The maximum absolute atomic E-state index is 12.8. The Labute approximate surface area is 162 Å². The maximum Gasteiger partial charge on any atom is 0.335 e. The summed E-state index contributed by atoms with van der Waals surface area (Å²) < 4.78 is 0. The van der Waals surface area contributed by atoms with Gasteiger partial charge in [0.25, 0.3) is 11.8 Å². The van der Waals surface area contributed by atoms with Crippen LogP contribution in [-0.2, 0) is 9.59 Å². The fourth-order valence-corrected chi connectivity index (χ4v) is 2.82. The van der Waals surface area contributed by atoms with Crippen molar-refractivity contribution in [2.75, 3.05) is 23.9 Å². The minimum absolute atomic E-state index is 0.121. The summed E-state index contributed by atoms with van der Waals surface area (Å²) in [6, 6.07) is 11.4. The number of urea groups is 1. The van der Waals surface area contributed by atoms with E-state index in [0.29, 0.717) is 16.3 Å². The Hall–Kier alpha value is -3.12. The third kappa shape index (κ3) is 3.71. The minimum atomic E-state index is -0.801. The van der Waals surface area contributed by atoms with Crippen LogP contribution in [0.3, 0.4) is 0 Å². The Kier molecular flexibility index (Phi) is 5.01. The molecule has 27 heavy (non-hydrogen) atoms. The second-order valence-electron chi connectivity index (χ2n) is 6.38. The molecule has 0 bridgehead atoms. The lowest BCUT2D eigenvalue weighted by molar-refractivity contribution is -0.122. The molecule has 0 saturated carbocycles. The van der Waals surface area contributed by atoms with Crippen LogP contribution in [0, 0.1) is 6.92 Å². The second-order valence-corrected chi connectivity index (χ2v) is 6.78. The van der Waals surface area contributed by atoms with E-state index in [1.807, 2.05) is 38.1 Å². The first-order chi connectivity index (χ1) is 12.8. The highest BCUT2D eigenvalue weighted by molar-refractivity contribution is 6.39. The fraction of sp³-hybridized carbons (Fsp3) is 0.150. The molecule has 2 aromatic carbocycles. The first-order valence-corrected chi connectivity index (χ1v) is 8.60. The van der Waals surface area contributed by atoms with Crippen molar-refractivity contribution < 1.29 is 14.4 Å². The van der Waals surface area contributed by atoms with Crippen LogP contribution in [0.1, 0.15) is 11.1 Å². The molecular weight excluding hydrogens is 366 g/mol. The predicted molar refractivity (Wildman–Crippen MR) is 106 cm³/mol. The zero-order chi connectivity index (χ0) is 19.7. The summed E-state index contributed by atoms with van der Waals surface area (Å²) >= 11 is 6.11. The van der Waals surface area contributed by atoms with Crippen molar-refractivity contribution in [3.63, 3.8) is 0 Å². The van der Waals surface area contributed by atoms with Gasteiger partial charge in [0.1, 0.15) is 5.57 Å². The molecular formula is C20H18ClN3O3. The summed E-state index contributed by atoms with van der Waals surface area (Å²) in [4.78, 5) is 40.1. The molecule has 7 heteroatoms. The van der Waals surface area contributed by atoms with E-state index in [9.17, 15) is 14.4 Å². The van der Waals surface area contributed by atoms with Crippen LogP contribution >= 0.6 is 11.6 Å². The van der Waals surface area contributed by atoms with Crippen molar-refractivity contribution in [2.24, 2.45) is 0 Å². The predicted octanol–water partition coefficient (Wildman–Crippen LogP) is 3.38. The zero-order valence-corrected chi connectivity index (χ0v) is 15.9. The molecule has 0 aliphatic carbocycles. The molecule has 0 spiro atoms. The molecule has 138 valence electrons. The second kappa shape index (κ2) is 7.25. The standard InChI is InChI=1S/C20H18ClN3O3/c1-12-4-7-15(11-17(12)21)24-19(26)16(18(25)22-20(24)27)10-13-5-8-14(9-6-13)23(2)3/h4-11H,1-3H3,(H,22,25,27). The van der Waals surface area contributed by atoms with Gasteiger partial charge in [-0.3, -0.25) is 14.9 Å². The van der Waals surface area contributed by atoms with Gasteiger partial charge in [0.2, 0.25) is 0 Å². The molecule has 0 unspecified atom stereocenters. The van der Waals surface area contributed by atoms with E-state index in [4.69, 9.17) is 11.6 Å². The molecule has 1 saturated heterocycles. The van der Waals surface area contributed by atoms with Crippen molar-refractivity contribution in [3.05, 3.63) is 64.2 Å². The van der Waals surface area contributed by atoms with Crippen LogP contribution in [0.15, 0.2) is 48.0 Å². The Morgan fingerprint density at radius 3 is 2.30 bits per heavy atom. The summed E-state index contributed by atoms with van der Waals surface area (Å²) in [7, 11) is 3.84. The van der Waals surface area contributed by atoms with Crippen LogP contribution < -0.4 is 15.1 Å². The summed E-state index contributed by atoms with van der Waals surface area (Å²) in [6.07, 6.45) is 1.46. The third-order valence-corrected chi connectivity index (χ3v) is 4.64. The molecule has 1 aliphatic heterocycles. The number of carbonyl (C=O) groups excluding carboxylic acids is 3. The van der Waals surface area contributed by atoms with Crippen molar-refractivity contribution >= 4 is 46.9 Å². The van der Waals surface area contributed by atoms with Crippen LogP contribution in [0.25, 0.3) is 6.08 Å². The van der Waals surface area contributed by atoms with E-state index in [-0.39, 0.29) is 5.57 Å². The summed E-state index contributed by atoms with van der Waals surface area (Å²) in [5, 5.41) is 2.63. The van der Waals surface area contributed by atoms with Crippen LogP contribution in [0.2, 0.25) is 5.02 Å². The van der Waals surface area contributed by atoms with Crippen molar-refractivity contribution in [3.8, 4) is 0 Å². The lowest BCUT2D eigenvalue weighted by Gasteiger charge is -2.26. The van der Waals surface area contributed by atoms with Crippen molar-refractivity contribution in [2.45, 2.75) is 6.92 Å². The lowest BCUT2D eigenvalue weighted by atomic mass is 10.1. The van der Waals surface area contributed by atoms with Crippen LogP contribution in [0.5, 0.6) is 0 Å². The first kappa shape index (κ1) is 18.7. The number of imide groups is 2. The highest BCUT2D eigenvalue weighted by Gasteiger charge is 2.36. The van der Waals surface area contributed by atoms with Gasteiger partial charge in [-0.25, -0.2) is 9.69 Å². The van der Waals surface area contributed by atoms with Gasteiger partial charge in [-0.05, 0) is 48.4 Å². The Morgan fingerprint density at radius 1 is 1.04 bits per heavy atom. The summed E-state index contributed by atoms with van der Waals surface area (Å²) in [6.45, 7) is 1.82. The molecule has 0 radical (unpaired) electrons. The van der Waals surface area contributed by atoms with E-state index in [2.05, 4.69) is 5.32 Å². The maximum atomic E-state index is 12.8. The van der Waals surface area contributed by atoms with Gasteiger partial charge >= 0.3 is 6.03 Å². The van der Waals surface area contributed by atoms with Crippen molar-refractivity contribution in [1.29, 1.82) is 0 Å². The monoisotopic (exact) mass is 383 g/mol. The van der Waals surface area contributed by atoms with E-state index < -0.39 is 17.8 Å². The molecule has 1 heterocycles. The number of halogens is 1. The van der Waals surface area contributed by atoms with Crippen molar-refractivity contribution in [1.82, 2.24) is 5.32 Å². The van der Waals surface area contributed by atoms with Gasteiger partial charge in [-0.1, -0.05) is 29.8 Å². The normalized spacial score (nSPS) is 15.9. The van der Waals surface area contributed by atoms with E-state index in [0.717, 1.165) is 16.2 Å². The molecule has 1 fully saturated rings. The van der Waals surface area contributed by atoms with Crippen LogP contribution in [-0.4, -0.2) is 31.9 Å². The molecule has 0 aromatic heterocycles. The number of hydrogen-bond acceptors (Lipinski definition) is 4. The average molecular weight is 384 g/mol. The van der Waals surface area contributed by atoms with E-state index in [1.54, 1.807) is 24.3 Å². The number of rotatable bonds is 3. The Morgan fingerprint density at radius 2 is 1.70 bits per heavy atom. The molecule has 3 rings (SSSR count). The highest BCUT2D eigenvalue weighted by atomic mass is 35.5. The van der Waals surface area contributed by atoms with E-state index >= 15 is 0 Å². The summed E-state index contributed by atoms with van der Waals surface area (Å²) in [5.41, 5.74) is 2.66. The lowest BCUT2D eigenvalue weighted by Crippen LogP contribution is -2.54. The van der Waals surface area contributed by atoms with Crippen LogP contribution in [0.4, 0.5) is 16.2 Å². The highest BCUT2D eigenvalue weighted by Crippen LogP contribution is 2.26. The molecule has 6 nitrogen and oxygen atoms in total. The quantitative estimate of drug-likeness (QED) is 0.651. The van der Waals surface area contributed by atoms with Gasteiger partial charge < -0.3 is 4.90 Å². The average Bonchev–Trinajstić information content (AvgIpc) is 2.62. The Bertz CT molecular complexity index is 965.